The van der Waals surface area contributed by atoms with E-state index in [2.05, 4.69) is 92.9 Å². The van der Waals surface area contributed by atoms with Gasteiger partial charge in [-0.1, -0.05) is 64.1 Å². The number of rotatable bonds is 2. The van der Waals surface area contributed by atoms with Gasteiger partial charge in [0.1, 0.15) is 0 Å². The van der Waals surface area contributed by atoms with E-state index in [9.17, 15) is 17.3 Å². The quantitative estimate of drug-likeness (QED) is 0.256. The van der Waals surface area contributed by atoms with Gasteiger partial charge in [-0.2, -0.15) is 4.58 Å². The third kappa shape index (κ3) is 4.80. The zero-order valence-electron chi connectivity index (χ0n) is 17.2. The zero-order chi connectivity index (χ0) is 21.4. The fourth-order valence-corrected chi connectivity index (χ4v) is 4.16. The van der Waals surface area contributed by atoms with Crippen LogP contribution in [-0.4, -0.2) is 7.25 Å². The van der Waals surface area contributed by atoms with Crippen LogP contribution in [0.3, 0.4) is 0 Å². The van der Waals surface area contributed by atoms with Crippen molar-refractivity contribution >= 4 is 18.6 Å². The van der Waals surface area contributed by atoms with Crippen molar-refractivity contribution in [2.24, 2.45) is 0 Å². The minimum absolute atomic E-state index is 0.280. The lowest BCUT2D eigenvalue weighted by Gasteiger charge is -2.32. The highest BCUT2D eigenvalue weighted by Crippen LogP contribution is 2.48. The van der Waals surface area contributed by atoms with E-state index in [1.807, 2.05) is 0 Å². The molecule has 0 radical (unpaired) electrons. The summed E-state index contributed by atoms with van der Waals surface area (Å²) in [6.07, 6.45) is 2.53. The number of fused-ring (bicyclic) bond motifs is 1. The van der Waals surface area contributed by atoms with Gasteiger partial charge in [0.15, 0.2) is 0 Å². The Bertz CT molecular complexity index is 916. The summed E-state index contributed by atoms with van der Waals surface area (Å²) in [5, 5.41) is 1.46. The Morgan fingerprint density at radius 1 is 0.655 bits per heavy atom. The number of hydrogen-bond donors (Lipinski definition) is 0. The lowest BCUT2D eigenvalue weighted by atomic mass is 9.71. The van der Waals surface area contributed by atoms with Gasteiger partial charge in [-0.05, 0) is 23.7 Å². The second-order valence-corrected chi connectivity index (χ2v) is 8.87. The van der Waals surface area contributed by atoms with Crippen molar-refractivity contribution in [3.8, 4) is 0 Å². The molecule has 4 rings (SSSR count). The third-order valence-electron chi connectivity index (χ3n) is 5.64. The molecule has 0 unspecified atom stereocenters. The Labute approximate surface area is 169 Å². The largest absolute Gasteiger partial charge is 0.673 e. The SMILES string of the molecule is CC1(C)CCC(C)(C)c2c1c2=[N+](c1ccccc1)c1ccccc1.F[B-](F)(F)F. The highest BCUT2D eigenvalue weighted by Gasteiger charge is 2.50. The summed E-state index contributed by atoms with van der Waals surface area (Å²) in [6.45, 7) is 9.61. The van der Waals surface area contributed by atoms with E-state index in [1.54, 1.807) is 11.1 Å². The summed E-state index contributed by atoms with van der Waals surface area (Å²) in [4.78, 5) is 0. The molecule has 0 heterocycles. The molecule has 0 N–H and O–H groups in total. The molecule has 1 aliphatic rings. The van der Waals surface area contributed by atoms with Crippen LogP contribution in [-0.2, 0) is 10.8 Å². The number of hydrogen-bond acceptors (Lipinski definition) is 0. The summed E-state index contributed by atoms with van der Waals surface area (Å²) >= 11 is 0. The third-order valence-corrected chi connectivity index (χ3v) is 5.64. The second kappa shape index (κ2) is 7.47. The van der Waals surface area contributed by atoms with E-state index < -0.39 is 7.25 Å². The average molecular weight is 403 g/mol. The van der Waals surface area contributed by atoms with Crippen molar-refractivity contribution in [3.05, 3.63) is 77.1 Å². The first kappa shape index (κ1) is 21.3. The molecule has 0 aromatic heterocycles. The van der Waals surface area contributed by atoms with Gasteiger partial charge in [0.05, 0.1) is 0 Å². The molecular weight excluding hydrogens is 377 g/mol. The first-order chi connectivity index (χ1) is 13.4. The van der Waals surface area contributed by atoms with E-state index >= 15 is 0 Å². The molecule has 154 valence electrons. The van der Waals surface area contributed by atoms with Crippen molar-refractivity contribution in [2.45, 2.75) is 51.4 Å². The average Bonchev–Trinajstić information content (AvgIpc) is 3.38. The van der Waals surface area contributed by atoms with Crippen molar-refractivity contribution in [2.75, 3.05) is 0 Å². The monoisotopic (exact) mass is 403 g/mol. The van der Waals surface area contributed by atoms with E-state index in [0.29, 0.717) is 0 Å². The van der Waals surface area contributed by atoms with Crippen LogP contribution >= 0.6 is 0 Å². The Morgan fingerprint density at radius 2 is 0.966 bits per heavy atom. The number of benzene rings is 2. The first-order valence-corrected chi connectivity index (χ1v) is 9.82. The molecule has 3 aromatic rings. The molecule has 0 saturated heterocycles. The van der Waals surface area contributed by atoms with E-state index in [-0.39, 0.29) is 10.8 Å². The summed E-state index contributed by atoms with van der Waals surface area (Å²) < 4.78 is 41.5. The van der Waals surface area contributed by atoms with Crippen molar-refractivity contribution in [1.29, 1.82) is 0 Å². The van der Waals surface area contributed by atoms with Crippen LogP contribution in [0.5, 0.6) is 0 Å². The molecule has 6 heteroatoms. The van der Waals surface area contributed by atoms with Gasteiger partial charge >= 0.3 is 7.25 Å². The van der Waals surface area contributed by atoms with Crippen LogP contribution in [0.2, 0.25) is 0 Å². The predicted molar refractivity (Wildman–Crippen MR) is 112 cm³/mol. The minimum atomic E-state index is -6.00. The highest BCUT2D eigenvalue weighted by atomic mass is 19.5. The van der Waals surface area contributed by atoms with Gasteiger partial charge in [0, 0.05) is 35.4 Å². The van der Waals surface area contributed by atoms with Crippen LogP contribution in [0.15, 0.2) is 60.7 Å². The summed E-state index contributed by atoms with van der Waals surface area (Å²) in [5.41, 5.74) is 6.24. The molecule has 0 amide bonds. The first-order valence-electron chi connectivity index (χ1n) is 9.82. The van der Waals surface area contributed by atoms with Crippen molar-refractivity contribution in [1.82, 2.24) is 4.58 Å². The fourth-order valence-electron chi connectivity index (χ4n) is 4.16. The molecule has 0 saturated carbocycles. The topological polar surface area (TPSA) is 3.01 Å². The van der Waals surface area contributed by atoms with E-state index in [4.69, 9.17) is 0 Å². The molecule has 3 aromatic carbocycles. The maximum atomic E-state index is 9.75. The summed E-state index contributed by atoms with van der Waals surface area (Å²) in [5.74, 6) is 0. The highest BCUT2D eigenvalue weighted by molar-refractivity contribution is 6.50. The molecule has 0 spiro atoms. The molecule has 1 nitrogen and oxygen atoms in total. The standard InChI is InChI=1S/C23H26N.BF4/c1-22(2)15-16-23(3,4)20-19(22)21(20)24(17-11-7-5-8-12-17)18-13-9-6-10-14-18;2-1(3,4)5/h5-14H,15-16H2,1-4H3;/q+1;-1. The predicted octanol–water partition coefficient (Wildman–Crippen LogP) is 6.65. The number of para-hydroxylation sites is 2. The van der Waals surface area contributed by atoms with Crippen molar-refractivity contribution < 1.29 is 17.3 Å². The molecule has 0 atom stereocenters. The van der Waals surface area contributed by atoms with E-state index in [0.717, 1.165) is 0 Å². The lowest BCUT2D eigenvalue weighted by molar-refractivity contribution is 0.352. The van der Waals surface area contributed by atoms with Gasteiger partial charge in [0.2, 0.25) is 16.7 Å². The van der Waals surface area contributed by atoms with Gasteiger partial charge < -0.3 is 17.3 Å². The fraction of sp³-hybridized carbons (Fsp3) is 0.348. The molecule has 1 aliphatic carbocycles. The van der Waals surface area contributed by atoms with Gasteiger partial charge in [-0.15, -0.1) is 0 Å². The molecular formula is C23H26BF4N. The normalized spacial score (nSPS) is 17.2. The Hall–Kier alpha value is -2.37. The van der Waals surface area contributed by atoms with Crippen LogP contribution in [0.1, 0.15) is 51.7 Å². The van der Waals surface area contributed by atoms with Crippen LogP contribution in [0, 0.1) is 0 Å². The Morgan fingerprint density at radius 3 is 1.28 bits per heavy atom. The molecule has 29 heavy (non-hydrogen) atoms. The molecule has 0 bridgehead atoms. The van der Waals surface area contributed by atoms with Gasteiger partial charge in [0.25, 0.3) is 0 Å². The van der Waals surface area contributed by atoms with E-state index in [1.165, 1.54) is 29.6 Å². The Kier molecular flexibility index (Phi) is 5.50. The van der Waals surface area contributed by atoms with Gasteiger partial charge in [-0.3, -0.25) is 0 Å². The smallest absolute Gasteiger partial charge is 0.418 e. The van der Waals surface area contributed by atoms with Gasteiger partial charge in [-0.25, -0.2) is 0 Å². The maximum Gasteiger partial charge on any atom is 0.673 e. The van der Waals surface area contributed by atoms with Crippen LogP contribution in [0.25, 0.3) is 0 Å². The Balaban J connectivity index is 0.000000431. The zero-order valence-corrected chi connectivity index (χ0v) is 17.2. The molecule has 0 aliphatic heterocycles. The van der Waals surface area contributed by atoms with Crippen LogP contribution < -0.4 is 9.93 Å². The number of halogens is 4. The summed E-state index contributed by atoms with van der Waals surface area (Å²) in [6, 6.07) is 21.5. The van der Waals surface area contributed by atoms with Crippen molar-refractivity contribution in [3.63, 3.8) is 0 Å². The lowest BCUT2D eigenvalue weighted by Crippen LogP contribution is -2.26. The maximum absolute atomic E-state index is 9.75. The van der Waals surface area contributed by atoms with Crippen LogP contribution in [0.4, 0.5) is 28.6 Å². The number of nitrogens with zero attached hydrogens (tertiary/aromatic N) is 1. The second-order valence-electron chi connectivity index (χ2n) is 8.87. The molecule has 0 fully saturated rings. The summed E-state index contributed by atoms with van der Waals surface area (Å²) in [7, 11) is -6.00. The minimum Gasteiger partial charge on any atom is -0.418 e.